The van der Waals surface area contributed by atoms with Gasteiger partial charge < -0.3 is 18.7 Å². The summed E-state index contributed by atoms with van der Waals surface area (Å²) in [6.07, 6.45) is 0. The first-order valence-corrected chi connectivity index (χ1v) is 9.30. The molecule has 0 aliphatic carbocycles. The Morgan fingerprint density at radius 1 is 0.871 bits per heavy atom. The number of hydrogen-bond donors (Lipinski definition) is 0. The van der Waals surface area contributed by atoms with Crippen molar-refractivity contribution in [3.63, 3.8) is 0 Å². The number of hydrogen-bond acceptors (Lipinski definition) is 6. The van der Waals surface area contributed by atoms with Crippen molar-refractivity contribution in [2.24, 2.45) is 0 Å². The quantitative estimate of drug-likeness (QED) is 0.402. The van der Waals surface area contributed by atoms with Gasteiger partial charge in [0, 0.05) is 16.7 Å². The molecule has 0 radical (unpaired) electrons. The molecule has 0 atom stereocenters. The van der Waals surface area contributed by atoms with E-state index in [4.69, 9.17) is 18.7 Å². The van der Waals surface area contributed by atoms with Crippen LogP contribution in [0.25, 0.3) is 22.8 Å². The van der Waals surface area contributed by atoms with E-state index in [1.807, 2.05) is 18.2 Å². The van der Waals surface area contributed by atoms with Gasteiger partial charge in [-0.05, 0) is 54.6 Å². The molecule has 0 spiro atoms. The molecule has 31 heavy (non-hydrogen) atoms. The number of benzene rings is 3. The number of aromatic nitrogens is 2. The van der Waals surface area contributed by atoms with Crippen LogP contribution in [0.15, 0.2) is 65.2 Å². The second-order valence-corrected chi connectivity index (χ2v) is 6.55. The smallest absolute Gasteiger partial charge is 0.258 e. The summed E-state index contributed by atoms with van der Waals surface area (Å²) < 4.78 is 48.8. The summed E-state index contributed by atoms with van der Waals surface area (Å²) in [5.74, 6) is 1.05. The highest BCUT2D eigenvalue weighted by Crippen LogP contribution is 2.33. The van der Waals surface area contributed by atoms with E-state index in [1.54, 1.807) is 31.4 Å². The molecule has 3 aromatic carbocycles. The maximum Gasteiger partial charge on any atom is 0.258 e. The Morgan fingerprint density at radius 3 is 2.55 bits per heavy atom. The third-order valence-corrected chi connectivity index (χ3v) is 4.56. The third-order valence-electron chi connectivity index (χ3n) is 4.56. The van der Waals surface area contributed by atoms with Crippen LogP contribution < -0.4 is 14.2 Å². The van der Waals surface area contributed by atoms with Gasteiger partial charge >= 0.3 is 0 Å². The standard InChI is InChI=1S/C23H18F2N2O4/c1-28-18-5-3-4-15(11-18)23-26-22(27-31-23)14-6-9-20(21(12-14)29-2)30-13-16-10-17(24)7-8-19(16)25/h3-12H,13H2,1-2H3. The molecule has 4 rings (SSSR count). The van der Waals surface area contributed by atoms with Crippen LogP contribution in [0.1, 0.15) is 5.56 Å². The molecular formula is C23H18F2N2O4. The number of nitrogens with zero attached hydrogens (tertiary/aromatic N) is 2. The van der Waals surface area contributed by atoms with Gasteiger partial charge in [0.15, 0.2) is 11.5 Å². The number of methoxy groups -OCH3 is 2. The van der Waals surface area contributed by atoms with Crippen LogP contribution in [0.4, 0.5) is 8.78 Å². The molecule has 0 aliphatic rings. The molecule has 1 aromatic heterocycles. The van der Waals surface area contributed by atoms with Crippen molar-refractivity contribution in [3.8, 4) is 40.1 Å². The van der Waals surface area contributed by atoms with E-state index in [-0.39, 0.29) is 12.2 Å². The Morgan fingerprint density at radius 2 is 1.74 bits per heavy atom. The maximum atomic E-state index is 13.8. The zero-order chi connectivity index (χ0) is 21.8. The van der Waals surface area contributed by atoms with Crippen LogP contribution in [0.5, 0.6) is 17.2 Å². The zero-order valence-electron chi connectivity index (χ0n) is 16.8. The summed E-state index contributed by atoms with van der Waals surface area (Å²) in [6.45, 7) is -0.151. The summed E-state index contributed by atoms with van der Waals surface area (Å²) in [6, 6.07) is 15.5. The molecule has 0 saturated carbocycles. The Bertz CT molecular complexity index is 1210. The van der Waals surface area contributed by atoms with E-state index in [9.17, 15) is 8.78 Å². The van der Waals surface area contributed by atoms with Crippen molar-refractivity contribution >= 4 is 0 Å². The summed E-state index contributed by atoms with van der Waals surface area (Å²) in [5, 5.41) is 4.02. The molecule has 0 saturated heterocycles. The Labute approximate surface area is 177 Å². The minimum Gasteiger partial charge on any atom is -0.497 e. The van der Waals surface area contributed by atoms with Gasteiger partial charge in [0.2, 0.25) is 5.82 Å². The predicted octanol–water partition coefficient (Wildman–Crippen LogP) is 5.28. The lowest BCUT2D eigenvalue weighted by atomic mass is 10.2. The molecule has 0 fully saturated rings. The van der Waals surface area contributed by atoms with Crippen molar-refractivity contribution in [2.45, 2.75) is 6.61 Å². The fourth-order valence-electron chi connectivity index (χ4n) is 2.95. The van der Waals surface area contributed by atoms with E-state index >= 15 is 0 Å². The van der Waals surface area contributed by atoms with Crippen LogP contribution in [0.2, 0.25) is 0 Å². The third kappa shape index (κ3) is 4.48. The van der Waals surface area contributed by atoms with Crippen LogP contribution in [-0.4, -0.2) is 24.4 Å². The average molecular weight is 424 g/mol. The molecule has 1 heterocycles. The first kappa shape index (κ1) is 20.3. The van der Waals surface area contributed by atoms with Gasteiger partial charge in [-0.2, -0.15) is 4.98 Å². The Kier molecular flexibility index (Phi) is 5.79. The van der Waals surface area contributed by atoms with Gasteiger partial charge in [-0.25, -0.2) is 8.78 Å². The summed E-state index contributed by atoms with van der Waals surface area (Å²) >= 11 is 0. The topological polar surface area (TPSA) is 66.6 Å². The van der Waals surface area contributed by atoms with Crippen LogP contribution in [0, 0.1) is 11.6 Å². The highest BCUT2D eigenvalue weighted by molar-refractivity contribution is 5.64. The van der Waals surface area contributed by atoms with Crippen LogP contribution in [-0.2, 0) is 6.61 Å². The van der Waals surface area contributed by atoms with E-state index < -0.39 is 11.6 Å². The molecule has 0 N–H and O–H groups in total. The SMILES string of the molecule is COc1cccc(-c2nc(-c3ccc(OCc4cc(F)ccc4F)c(OC)c3)no2)c1. The van der Waals surface area contributed by atoms with Gasteiger partial charge in [-0.15, -0.1) is 0 Å². The highest BCUT2D eigenvalue weighted by Gasteiger charge is 2.15. The van der Waals surface area contributed by atoms with Gasteiger partial charge in [-0.3, -0.25) is 0 Å². The number of ether oxygens (including phenoxy) is 3. The van der Waals surface area contributed by atoms with E-state index in [0.717, 1.165) is 23.8 Å². The fourth-order valence-corrected chi connectivity index (χ4v) is 2.95. The average Bonchev–Trinajstić information content (AvgIpc) is 3.30. The molecule has 158 valence electrons. The van der Waals surface area contributed by atoms with Gasteiger partial charge in [-0.1, -0.05) is 11.2 Å². The lowest BCUT2D eigenvalue weighted by Gasteiger charge is -2.12. The molecule has 0 unspecified atom stereocenters. The molecule has 6 nitrogen and oxygen atoms in total. The van der Waals surface area contributed by atoms with E-state index in [0.29, 0.717) is 34.5 Å². The second-order valence-electron chi connectivity index (χ2n) is 6.55. The minimum atomic E-state index is -0.547. The lowest BCUT2D eigenvalue weighted by molar-refractivity contribution is 0.279. The summed E-state index contributed by atoms with van der Waals surface area (Å²) in [4.78, 5) is 4.43. The highest BCUT2D eigenvalue weighted by atomic mass is 19.1. The maximum absolute atomic E-state index is 13.8. The minimum absolute atomic E-state index is 0.104. The largest absolute Gasteiger partial charge is 0.497 e. The van der Waals surface area contributed by atoms with E-state index in [1.165, 1.54) is 7.11 Å². The molecule has 4 aromatic rings. The van der Waals surface area contributed by atoms with E-state index in [2.05, 4.69) is 10.1 Å². The van der Waals surface area contributed by atoms with Crippen molar-refractivity contribution in [2.75, 3.05) is 14.2 Å². The van der Waals surface area contributed by atoms with Gasteiger partial charge in [0.25, 0.3) is 5.89 Å². The molecule has 8 heteroatoms. The Balaban J connectivity index is 1.55. The summed E-state index contributed by atoms with van der Waals surface area (Å²) in [5.41, 5.74) is 1.47. The second kappa shape index (κ2) is 8.83. The molecular weight excluding hydrogens is 406 g/mol. The van der Waals surface area contributed by atoms with Gasteiger partial charge in [0.1, 0.15) is 24.0 Å². The monoisotopic (exact) mass is 424 g/mol. The van der Waals surface area contributed by atoms with Crippen molar-refractivity contribution in [1.82, 2.24) is 10.1 Å². The zero-order valence-corrected chi connectivity index (χ0v) is 16.8. The molecule has 0 amide bonds. The lowest BCUT2D eigenvalue weighted by Crippen LogP contribution is -2.01. The number of rotatable bonds is 7. The summed E-state index contributed by atoms with van der Waals surface area (Å²) in [7, 11) is 3.06. The normalized spacial score (nSPS) is 10.7. The fraction of sp³-hybridized carbons (Fsp3) is 0.130. The van der Waals surface area contributed by atoms with Gasteiger partial charge in [0.05, 0.1) is 14.2 Å². The first-order chi connectivity index (χ1) is 15.1. The van der Waals surface area contributed by atoms with Crippen LogP contribution >= 0.6 is 0 Å². The van der Waals surface area contributed by atoms with Crippen molar-refractivity contribution in [1.29, 1.82) is 0 Å². The first-order valence-electron chi connectivity index (χ1n) is 9.30. The molecule has 0 aliphatic heterocycles. The molecule has 0 bridgehead atoms. The predicted molar refractivity (Wildman–Crippen MR) is 109 cm³/mol. The van der Waals surface area contributed by atoms with Crippen LogP contribution in [0.3, 0.4) is 0 Å². The van der Waals surface area contributed by atoms with Crippen molar-refractivity contribution in [3.05, 3.63) is 77.9 Å². The Hall–Kier alpha value is -3.94. The number of halogens is 2. The van der Waals surface area contributed by atoms with Crippen molar-refractivity contribution < 1.29 is 27.5 Å².